The lowest BCUT2D eigenvalue weighted by Crippen LogP contribution is -2.23. The summed E-state index contributed by atoms with van der Waals surface area (Å²) in [7, 11) is 0. The molecule has 1 aliphatic rings. The molecular weight excluding hydrogens is 368 g/mol. The Kier molecular flexibility index (Phi) is 5.74. The highest BCUT2D eigenvalue weighted by molar-refractivity contribution is 5.92. The van der Waals surface area contributed by atoms with Gasteiger partial charge in [-0.3, -0.25) is 9.89 Å². The molecule has 1 saturated carbocycles. The van der Waals surface area contributed by atoms with E-state index in [-0.39, 0.29) is 5.91 Å². The van der Waals surface area contributed by atoms with Gasteiger partial charge < -0.3 is 14.8 Å². The second kappa shape index (κ2) is 8.77. The van der Waals surface area contributed by atoms with Crippen molar-refractivity contribution in [2.24, 2.45) is 0 Å². The van der Waals surface area contributed by atoms with Gasteiger partial charge in [0.25, 0.3) is 5.91 Å². The third-order valence-electron chi connectivity index (χ3n) is 4.65. The Balaban J connectivity index is 1.37. The molecule has 0 aliphatic heterocycles. The molecule has 7 heteroatoms. The van der Waals surface area contributed by atoms with Crippen molar-refractivity contribution < 1.29 is 14.3 Å². The summed E-state index contributed by atoms with van der Waals surface area (Å²) in [5, 5.41) is 9.95. The van der Waals surface area contributed by atoms with E-state index < -0.39 is 0 Å². The van der Waals surface area contributed by atoms with E-state index in [1.54, 1.807) is 6.20 Å². The molecule has 1 amide bonds. The smallest absolute Gasteiger partial charge is 0.272 e. The number of benzene rings is 1. The number of aromatic nitrogens is 3. The molecule has 0 atom stereocenters. The number of carbonyl (C=O) groups excluding carboxylic acids is 1. The second-order valence-corrected chi connectivity index (χ2v) is 7.06. The van der Waals surface area contributed by atoms with Crippen LogP contribution in [-0.4, -0.2) is 27.7 Å². The fourth-order valence-corrected chi connectivity index (χ4v) is 2.91. The van der Waals surface area contributed by atoms with Crippen LogP contribution < -0.4 is 14.8 Å². The van der Waals surface area contributed by atoms with Crippen LogP contribution >= 0.6 is 0 Å². The van der Waals surface area contributed by atoms with E-state index in [0.29, 0.717) is 36.4 Å². The number of nitrogens with one attached hydrogen (secondary N) is 2. The number of hydrogen-bond acceptors (Lipinski definition) is 5. The number of H-pyrrole nitrogens is 1. The van der Waals surface area contributed by atoms with Gasteiger partial charge in [0, 0.05) is 29.9 Å². The van der Waals surface area contributed by atoms with Gasteiger partial charge in [-0.05, 0) is 55.7 Å². The summed E-state index contributed by atoms with van der Waals surface area (Å²) in [4.78, 5) is 16.7. The minimum atomic E-state index is -0.222. The summed E-state index contributed by atoms with van der Waals surface area (Å²) in [6.07, 6.45) is 4.94. The fourth-order valence-electron chi connectivity index (χ4n) is 2.91. The van der Waals surface area contributed by atoms with Gasteiger partial charge in [-0.15, -0.1) is 0 Å². The molecule has 0 radical (unpaired) electrons. The number of aromatic amines is 1. The van der Waals surface area contributed by atoms with E-state index in [9.17, 15) is 4.79 Å². The molecule has 2 N–H and O–H groups in total. The van der Waals surface area contributed by atoms with Crippen LogP contribution in [0.3, 0.4) is 0 Å². The molecule has 2 heterocycles. The third kappa shape index (κ3) is 4.93. The minimum Gasteiger partial charge on any atom is -0.494 e. The molecule has 4 rings (SSSR count). The number of pyridine rings is 1. The Bertz CT molecular complexity index is 964. The first-order valence-corrected chi connectivity index (χ1v) is 9.91. The van der Waals surface area contributed by atoms with Gasteiger partial charge >= 0.3 is 0 Å². The molecule has 1 fully saturated rings. The lowest BCUT2D eigenvalue weighted by atomic mass is 10.2. The number of rotatable bonds is 9. The predicted molar refractivity (Wildman–Crippen MR) is 108 cm³/mol. The Morgan fingerprint density at radius 1 is 1.21 bits per heavy atom. The number of ether oxygens (including phenoxy) is 2. The van der Waals surface area contributed by atoms with Gasteiger partial charge in [0.1, 0.15) is 17.2 Å². The zero-order valence-electron chi connectivity index (χ0n) is 16.4. The van der Waals surface area contributed by atoms with E-state index >= 15 is 0 Å². The van der Waals surface area contributed by atoms with Crippen molar-refractivity contribution in [3.63, 3.8) is 0 Å². The van der Waals surface area contributed by atoms with Crippen molar-refractivity contribution in [1.82, 2.24) is 20.5 Å². The van der Waals surface area contributed by atoms with Gasteiger partial charge in [0.2, 0.25) is 5.88 Å². The van der Waals surface area contributed by atoms with Crippen molar-refractivity contribution in [3.05, 3.63) is 65.6 Å². The summed E-state index contributed by atoms with van der Waals surface area (Å²) in [5.74, 6) is 2.22. The first-order valence-electron chi connectivity index (χ1n) is 9.91. The van der Waals surface area contributed by atoms with Crippen molar-refractivity contribution >= 4 is 5.91 Å². The fraction of sp³-hybridized carbons (Fsp3) is 0.318. The molecule has 7 nitrogen and oxygen atoms in total. The number of amides is 1. The van der Waals surface area contributed by atoms with Crippen molar-refractivity contribution in [2.45, 2.75) is 38.6 Å². The van der Waals surface area contributed by atoms with Crippen molar-refractivity contribution in [3.8, 4) is 17.4 Å². The molecule has 150 valence electrons. The van der Waals surface area contributed by atoms with Gasteiger partial charge in [-0.1, -0.05) is 13.0 Å². The molecule has 2 aromatic heterocycles. The Labute approximate surface area is 169 Å². The van der Waals surface area contributed by atoms with E-state index in [1.165, 1.54) is 0 Å². The van der Waals surface area contributed by atoms with Crippen LogP contribution in [0.5, 0.6) is 17.4 Å². The first-order chi connectivity index (χ1) is 14.2. The van der Waals surface area contributed by atoms with E-state index in [4.69, 9.17) is 9.47 Å². The number of carbonyl (C=O) groups is 1. The molecule has 0 spiro atoms. The van der Waals surface area contributed by atoms with Crippen LogP contribution in [0.15, 0.2) is 48.7 Å². The van der Waals surface area contributed by atoms with Crippen molar-refractivity contribution in [2.75, 3.05) is 6.61 Å². The zero-order chi connectivity index (χ0) is 20.1. The van der Waals surface area contributed by atoms with Crippen LogP contribution in [0.2, 0.25) is 0 Å². The Morgan fingerprint density at radius 3 is 2.76 bits per heavy atom. The quantitative estimate of drug-likeness (QED) is 0.570. The van der Waals surface area contributed by atoms with Crippen LogP contribution in [0, 0.1) is 0 Å². The summed E-state index contributed by atoms with van der Waals surface area (Å²) in [6.45, 7) is 3.05. The summed E-state index contributed by atoms with van der Waals surface area (Å²) in [6, 6.07) is 12.9. The number of hydrogen-bond donors (Lipinski definition) is 2. The maximum atomic E-state index is 12.4. The highest BCUT2D eigenvalue weighted by atomic mass is 16.5. The lowest BCUT2D eigenvalue weighted by Gasteiger charge is -2.11. The molecule has 1 aliphatic carbocycles. The SMILES string of the molecule is CCCOc1ccc(Oc2ncccc2CNC(=O)c2cc(C3CC3)[nH]n2)cc1. The van der Waals surface area contributed by atoms with E-state index in [1.807, 2.05) is 42.5 Å². The predicted octanol–water partition coefficient (Wildman–Crippen LogP) is 4.19. The molecule has 0 bridgehead atoms. The molecule has 0 unspecified atom stereocenters. The normalized spacial score (nSPS) is 13.1. The molecule has 1 aromatic carbocycles. The molecule has 29 heavy (non-hydrogen) atoms. The maximum absolute atomic E-state index is 12.4. The average molecular weight is 392 g/mol. The second-order valence-electron chi connectivity index (χ2n) is 7.06. The highest BCUT2D eigenvalue weighted by Crippen LogP contribution is 2.39. The van der Waals surface area contributed by atoms with Crippen LogP contribution in [0.4, 0.5) is 0 Å². The Morgan fingerprint density at radius 2 is 2.00 bits per heavy atom. The van der Waals surface area contributed by atoms with Crippen LogP contribution in [-0.2, 0) is 6.54 Å². The largest absolute Gasteiger partial charge is 0.494 e. The van der Waals surface area contributed by atoms with Gasteiger partial charge in [-0.25, -0.2) is 4.98 Å². The maximum Gasteiger partial charge on any atom is 0.272 e. The molecule has 3 aromatic rings. The van der Waals surface area contributed by atoms with Crippen LogP contribution in [0.25, 0.3) is 0 Å². The average Bonchev–Trinajstić information content (AvgIpc) is 3.49. The number of nitrogens with zero attached hydrogens (tertiary/aromatic N) is 2. The van der Waals surface area contributed by atoms with E-state index in [2.05, 4.69) is 27.4 Å². The highest BCUT2D eigenvalue weighted by Gasteiger charge is 2.26. The third-order valence-corrected chi connectivity index (χ3v) is 4.65. The molecule has 0 saturated heterocycles. The standard InChI is InChI=1S/C22H24N4O3/c1-2-12-28-17-7-9-18(10-8-17)29-22-16(4-3-11-23-22)14-24-21(27)20-13-19(25-26-20)15-5-6-15/h3-4,7-11,13,15H,2,5-6,12,14H2,1H3,(H,24,27)(H,25,26). The Hall–Kier alpha value is -3.35. The zero-order valence-corrected chi connectivity index (χ0v) is 16.4. The lowest BCUT2D eigenvalue weighted by molar-refractivity contribution is 0.0945. The first kappa shape index (κ1) is 19.0. The summed E-state index contributed by atoms with van der Waals surface area (Å²) >= 11 is 0. The van der Waals surface area contributed by atoms with Crippen LogP contribution in [0.1, 0.15) is 53.8 Å². The molecular formula is C22H24N4O3. The minimum absolute atomic E-state index is 0.222. The monoisotopic (exact) mass is 392 g/mol. The van der Waals surface area contributed by atoms with Gasteiger partial charge in [0.05, 0.1) is 6.61 Å². The van der Waals surface area contributed by atoms with E-state index in [0.717, 1.165) is 36.3 Å². The van der Waals surface area contributed by atoms with Crippen molar-refractivity contribution in [1.29, 1.82) is 0 Å². The van der Waals surface area contributed by atoms with Gasteiger partial charge in [-0.2, -0.15) is 5.10 Å². The topological polar surface area (TPSA) is 89.1 Å². The van der Waals surface area contributed by atoms with Gasteiger partial charge in [0.15, 0.2) is 0 Å². The summed E-state index contributed by atoms with van der Waals surface area (Å²) in [5.41, 5.74) is 2.22. The summed E-state index contributed by atoms with van der Waals surface area (Å²) < 4.78 is 11.5.